The van der Waals surface area contributed by atoms with Gasteiger partial charge in [-0.3, -0.25) is 15.0 Å². The van der Waals surface area contributed by atoms with Crippen molar-refractivity contribution < 1.29 is 4.92 Å². The van der Waals surface area contributed by atoms with E-state index in [1.54, 1.807) is 18.2 Å². The molecule has 1 saturated heterocycles. The molecule has 1 aliphatic rings. The molecule has 1 fully saturated rings. The van der Waals surface area contributed by atoms with Gasteiger partial charge in [-0.05, 0) is 13.0 Å². The van der Waals surface area contributed by atoms with Crippen LogP contribution in [0, 0.1) is 21.4 Å². The Morgan fingerprint density at radius 3 is 2.60 bits per heavy atom. The number of nitriles is 1. The third-order valence-corrected chi connectivity index (χ3v) is 3.74. The summed E-state index contributed by atoms with van der Waals surface area (Å²) in [6.07, 6.45) is 0.519. The summed E-state index contributed by atoms with van der Waals surface area (Å²) in [6.45, 7) is 5.20. The molecule has 6 nitrogen and oxygen atoms in total. The predicted molar refractivity (Wildman–Crippen MR) is 76.6 cm³/mol. The Morgan fingerprint density at radius 1 is 1.35 bits per heavy atom. The Kier molecular flexibility index (Phi) is 4.53. The van der Waals surface area contributed by atoms with E-state index in [0.717, 1.165) is 26.2 Å². The number of para-hydroxylation sites is 2. The highest BCUT2D eigenvalue weighted by Crippen LogP contribution is 2.28. The highest BCUT2D eigenvalue weighted by Gasteiger charge is 2.25. The Labute approximate surface area is 118 Å². The fourth-order valence-corrected chi connectivity index (χ4v) is 2.55. The smallest absolute Gasteiger partial charge is 0.292 e. The van der Waals surface area contributed by atoms with Crippen LogP contribution in [0.5, 0.6) is 0 Å². The summed E-state index contributed by atoms with van der Waals surface area (Å²) in [5.74, 6) is 0. The normalized spacial score (nSPS) is 17.5. The maximum atomic E-state index is 11.1. The summed E-state index contributed by atoms with van der Waals surface area (Å²) < 4.78 is 0. The number of hydrogen-bond acceptors (Lipinski definition) is 5. The minimum absolute atomic E-state index is 0.158. The Hall–Kier alpha value is -2.13. The van der Waals surface area contributed by atoms with E-state index in [1.807, 2.05) is 17.9 Å². The molecule has 0 amide bonds. The molecule has 1 atom stereocenters. The van der Waals surface area contributed by atoms with Crippen molar-refractivity contribution in [3.8, 4) is 6.07 Å². The molecule has 1 heterocycles. The average Bonchev–Trinajstić information content (AvgIpc) is 2.47. The molecular weight excluding hydrogens is 256 g/mol. The van der Waals surface area contributed by atoms with Crippen molar-refractivity contribution in [1.82, 2.24) is 4.90 Å². The van der Waals surface area contributed by atoms with E-state index < -0.39 is 0 Å². The van der Waals surface area contributed by atoms with E-state index in [1.165, 1.54) is 0 Å². The summed E-state index contributed by atoms with van der Waals surface area (Å²) in [4.78, 5) is 15.0. The number of anilines is 1. The van der Waals surface area contributed by atoms with Crippen molar-refractivity contribution in [2.45, 2.75) is 19.4 Å². The molecule has 0 aromatic heterocycles. The molecule has 0 N–H and O–H groups in total. The van der Waals surface area contributed by atoms with Gasteiger partial charge >= 0.3 is 0 Å². The zero-order chi connectivity index (χ0) is 14.5. The van der Waals surface area contributed by atoms with Crippen LogP contribution in [0.3, 0.4) is 0 Å². The minimum Gasteiger partial charge on any atom is -0.363 e. The summed E-state index contributed by atoms with van der Waals surface area (Å²) in [7, 11) is 0. The zero-order valence-corrected chi connectivity index (χ0v) is 11.5. The lowest BCUT2D eigenvalue weighted by molar-refractivity contribution is -0.384. The van der Waals surface area contributed by atoms with Gasteiger partial charge in [0.05, 0.1) is 17.4 Å². The lowest BCUT2D eigenvalue weighted by Gasteiger charge is -2.38. The summed E-state index contributed by atoms with van der Waals surface area (Å²) >= 11 is 0. The van der Waals surface area contributed by atoms with Crippen molar-refractivity contribution in [1.29, 1.82) is 5.26 Å². The molecule has 2 rings (SSSR count). The van der Waals surface area contributed by atoms with Gasteiger partial charge < -0.3 is 4.90 Å². The van der Waals surface area contributed by atoms with E-state index in [4.69, 9.17) is 5.26 Å². The number of piperazine rings is 1. The highest BCUT2D eigenvalue weighted by atomic mass is 16.6. The number of rotatable bonds is 4. The van der Waals surface area contributed by atoms with Crippen LogP contribution in [0.2, 0.25) is 0 Å². The van der Waals surface area contributed by atoms with E-state index in [2.05, 4.69) is 11.0 Å². The van der Waals surface area contributed by atoms with E-state index >= 15 is 0 Å². The lowest BCUT2D eigenvalue weighted by atomic mass is 10.1. The van der Waals surface area contributed by atoms with Gasteiger partial charge in [-0.15, -0.1) is 0 Å². The van der Waals surface area contributed by atoms with Gasteiger partial charge in [0.2, 0.25) is 0 Å². The number of nitro benzene ring substituents is 1. The van der Waals surface area contributed by atoms with Crippen LogP contribution >= 0.6 is 0 Å². The fourth-order valence-electron chi connectivity index (χ4n) is 2.55. The molecule has 0 aliphatic carbocycles. The van der Waals surface area contributed by atoms with Crippen molar-refractivity contribution in [2.75, 3.05) is 31.1 Å². The SMILES string of the molecule is C[C@@H](CC#N)N1CCN(c2ccccc2[N+](=O)[O-])CC1. The van der Waals surface area contributed by atoms with E-state index in [9.17, 15) is 10.1 Å². The van der Waals surface area contributed by atoms with Crippen LogP contribution in [0.4, 0.5) is 11.4 Å². The van der Waals surface area contributed by atoms with Gasteiger partial charge in [0.15, 0.2) is 0 Å². The van der Waals surface area contributed by atoms with Crippen LogP contribution < -0.4 is 4.90 Å². The fraction of sp³-hybridized carbons (Fsp3) is 0.500. The Bertz CT molecular complexity index is 518. The average molecular weight is 274 g/mol. The molecule has 20 heavy (non-hydrogen) atoms. The second-order valence-electron chi connectivity index (χ2n) is 4.98. The Morgan fingerprint density at radius 2 is 2.00 bits per heavy atom. The van der Waals surface area contributed by atoms with Crippen LogP contribution in [-0.4, -0.2) is 42.0 Å². The molecule has 0 bridgehead atoms. The Balaban J connectivity index is 2.05. The number of hydrogen-bond donors (Lipinski definition) is 0. The lowest BCUT2D eigenvalue weighted by Crippen LogP contribution is -2.49. The first kappa shape index (κ1) is 14.3. The largest absolute Gasteiger partial charge is 0.363 e. The monoisotopic (exact) mass is 274 g/mol. The minimum atomic E-state index is -0.333. The summed E-state index contributed by atoms with van der Waals surface area (Å²) in [5.41, 5.74) is 0.844. The van der Waals surface area contributed by atoms with Gasteiger partial charge in [0, 0.05) is 38.3 Å². The van der Waals surface area contributed by atoms with Gasteiger partial charge in [0.25, 0.3) is 5.69 Å². The maximum absolute atomic E-state index is 11.1. The molecule has 1 aliphatic heterocycles. The standard InChI is InChI=1S/C14H18N4O2/c1-12(6-7-15)16-8-10-17(11-9-16)13-4-2-3-5-14(13)18(19)20/h2-5,12H,6,8-11H2,1H3/t12-/m0/s1. The predicted octanol–water partition coefficient (Wildman–Crippen LogP) is 2.02. The zero-order valence-electron chi connectivity index (χ0n) is 11.5. The van der Waals surface area contributed by atoms with Crippen molar-refractivity contribution in [3.63, 3.8) is 0 Å². The van der Waals surface area contributed by atoms with Crippen LogP contribution in [0.25, 0.3) is 0 Å². The quantitative estimate of drug-likeness (QED) is 0.620. The van der Waals surface area contributed by atoms with Gasteiger partial charge in [-0.25, -0.2) is 0 Å². The number of benzene rings is 1. The van der Waals surface area contributed by atoms with Crippen molar-refractivity contribution >= 4 is 11.4 Å². The molecule has 1 aromatic carbocycles. The van der Waals surface area contributed by atoms with Crippen LogP contribution in [-0.2, 0) is 0 Å². The van der Waals surface area contributed by atoms with Gasteiger partial charge in [0.1, 0.15) is 5.69 Å². The molecule has 0 unspecified atom stereocenters. The topological polar surface area (TPSA) is 73.4 Å². The first-order valence-electron chi connectivity index (χ1n) is 6.73. The van der Waals surface area contributed by atoms with Crippen molar-refractivity contribution in [3.05, 3.63) is 34.4 Å². The van der Waals surface area contributed by atoms with E-state index in [0.29, 0.717) is 12.1 Å². The van der Waals surface area contributed by atoms with Gasteiger partial charge in [-0.1, -0.05) is 12.1 Å². The first-order chi connectivity index (χ1) is 9.63. The van der Waals surface area contributed by atoms with E-state index in [-0.39, 0.29) is 16.7 Å². The highest BCUT2D eigenvalue weighted by molar-refractivity contribution is 5.63. The third kappa shape index (κ3) is 3.06. The van der Waals surface area contributed by atoms with Crippen LogP contribution in [0.15, 0.2) is 24.3 Å². The molecule has 0 saturated carbocycles. The second kappa shape index (κ2) is 6.35. The number of nitro groups is 1. The number of nitrogens with zero attached hydrogens (tertiary/aromatic N) is 4. The summed E-state index contributed by atoms with van der Waals surface area (Å²) in [6, 6.07) is 9.28. The first-order valence-corrected chi connectivity index (χ1v) is 6.73. The molecule has 6 heteroatoms. The summed E-state index contributed by atoms with van der Waals surface area (Å²) in [5, 5.41) is 19.8. The molecular formula is C14H18N4O2. The van der Waals surface area contributed by atoms with Gasteiger partial charge in [-0.2, -0.15) is 5.26 Å². The second-order valence-corrected chi connectivity index (χ2v) is 4.98. The van der Waals surface area contributed by atoms with Crippen molar-refractivity contribution in [2.24, 2.45) is 0 Å². The van der Waals surface area contributed by atoms with Crippen LogP contribution in [0.1, 0.15) is 13.3 Å². The molecule has 1 aromatic rings. The molecule has 106 valence electrons. The third-order valence-electron chi connectivity index (χ3n) is 3.74. The molecule has 0 radical (unpaired) electrons. The molecule has 0 spiro atoms. The maximum Gasteiger partial charge on any atom is 0.292 e.